The molecule has 1 rings (SSSR count). The summed E-state index contributed by atoms with van der Waals surface area (Å²) >= 11 is 3.09. The van der Waals surface area contributed by atoms with E-state index in [9.17, 15) is 14.0 Å². The van der Waals surface area contributed by atoms with Gasteiger partial charge >= 0.3 is 11.9 Å². The Morgan fingerprint density at radius 2 is 1.90 bits per heavy atom. The third-order valence-electron chi connectivity index (χ3n) is 2.39. The highest BCUT2D eigenvalue weighted by molar-refractivity contribution is 9.10. The minimum atomic E-state index is -0.582. The molecule has 21 heavy (non-hydrogen) atoms. The highest BCUT2D eigenvalue weighted by Gasteiger charge is 2.12. The molecule has 0 heterocycles. The minimum absolute atomic E-state index is 0.0613. The van der Waals surface area contributed by atoms with Crippen molar-refractivity contribution in [1.82, 2.24) is 0 Å². The fourth-order valence-corrected chi connectivity index (χ4v) is 1.74. The average molecular weight is 359 g/mol. The molecule has 0 N–H and O–H groups in total. The molecule has 0 unspecified atom stereocenters. The number of ether oxygens (including phenoxy) is 2. The number of benzene rings is 1. The zero-order chi connectivity index (χ0) is 15.8. The molecule has 0 aliphatic heterocycles. The molecule has 6 heteroatoms. The molecule has 1 aromatic rings. The van der Waals surface area contributed by atoms with Gasteiger partial charge in [0.15, 0.2) is 0 Å². The van der Waals surface area contributed by atoms with Crippen molar-refractivity contribution in [2.75, 3.05) is 6.61 Å². The van der Waals surface area contributed by atoms with Crippen LogP contribution in [0.15, 0.2) is 34.3 Å². The number of halogens is 2. The van der Waals surface area contributed by atoms with Crippen molar-refractivity contribution in [3.63, 3.8) is 0 Å². The number of carbonyl (C=O) groups is 2. The van der Waals surface area contributed by atoms with Crippen molar-refractivity contribution in [2.24, 2.45) is 0 Å². The first-order chi connectivity index (χ1) is 9.88. The maximum absolute atomic E-state index is 12.9. The summed E-state index contributed by atoms with van der Waals surface area (Å²) in [5.41, 5.74) is 1.04. The lowest BCUT2D eigenvalue weighted by Gasteiger charge is -2.06. The van der Waals surface area contributed by atoms with Crippen molar-refractivity contribution < 1.29 is 23.5 Å². The first-order valence-corrected chi connectivity index (χ1v) is 7.12. The van der Waals surface area contributed by atoms with Gasteiger partial charge in [-0.2, -0.15) is 0 Å². The molecule has 0 aliphatic rings. The molecule has 0 fully saturated rings. The quantitative estimate of drug-likeness (QED) is 0.441. The molecule has 0 bridgehead atoms. The van der Waals surface area contributed by atoms with Gasteiger partial charge in [-0.3, -0.25) is 9.59 Å². The lowest BCUT2D eigenvalue weighted by Crippen LogP contribution is -2.12. The second-order valence-corrected chi connectivity index (χ2v) is 5.37. The van der Waals surface area contributed by atoms with E-state index in [1.165, 1.54) is 18.2 Å². The van der Waals surface area contributed by atoms with Crippen LogP contribution in [0.25, 0.3) is 0 Å². The maximum atomic E-state index is 12.9. The molecule has 0 aliphatic carbocycles. The summed E-state index contributed by atoms with van der Waals surface area (Å²) in [4.78, 5) is 23.0. The van der Waals surface area contributed by atoms with Crippen molar-refractivity contribution in [2.45, 2.75) is 26.7 Å². The topological polar surface area (TPSA) is 52.6 Å². The SMILES string of the molecule is CC(C)=CCOC(=O)CCC(=O)Oc1ccc(F)cc1Br. The van der Waals surface area contributed by atoms with Crippen LogP contribution < -0.4 is 4.74 Å². The fourth-order valence-electron chi connectivity index (χ4n) is 1.31. The van der Waals surface area contributed by atoms with E-state index in [-0.39, 0.29) is 25.2 Å². The molecule has 0 saturated carbocycles. The molecule has 4 nitrogen and oxygen atoms in total. The highest BCUT2D eigenvalue weighted by atomic mass is 79.9. The molecular weight excluding hydrogens is 343 g/mol. The number of rotatable bonds is 6. The number of allylic oxidation sites excluding steroid dienone is 1. The van der Waals surface area contributed by atoms with Crippen LogP contribution in [0.2, 0.25) is 0 Å². The molecule has 114 valence electrons. The monoisotopic (exact) mass is 358 g/mol. The van der Waals surface area contributed by atoms with E-state index in [2.05, 4.69) is 15.9 Å². The van der Waals surface area contributed by atoms with Gasteiger partial charge in [0.2, 0.25) is 0 Å². The van der Waals surface area contributed by atoms with Crippen LogP contribution in [0.1, 0.15) is 26.7 Å². The van der Waals surface area contributed by atoms with Gasteiger partial charge in [-0.25, -0.2) is 4.39 Å². The first-order valence-electron chi connectivity index (χ1n) is 6.33. The van der Waals surface area contributed by atoms with E-state index in [0.29, 0.717) is 4.47 Å². The molecule has 0 saturated heterocycles. The number of esters is 2. The van der Waals surface area contributed by atoms with Gasteiger partial charge in [-0.15, -0.1) is 0 Å². The van der Waals surface area contributed by atoms with Gasteiger partial charge in [0.25, 0.3) is 0 Å². The van der Waals surface area contributed by atoms with E-state index in [1.807, 2.05) is 13.8 Å². The molecule has 0 atom stereocenters. The van der Waals surface area contributed by atoms with Crippen molar-refractivity contribution in [3.8, 4) is 5.75 Å². The average Bonchev–Trinajstić information content (AvgIpc) is 2.39. The van der Waals surface area contributed by atoms with E-state index in [4.69, 9.17) is 9.47 Å². The van der Waals surface area contributed by atoms with Gasteiger partial charge in [-0.05, 0) is 54.1 Å². The largest absolute Gasteiger partial charge is 0.461 e. The second kappa shape index (κ2) is 8.56. The summed E-state index contributed by atoms with van der Waals surface area (Å²) in [5, 5.41) is 0. The van der Waals surface area contributed by atoms with Gasteiger partial charge in [0.1, 0.15) is 18.2 Å². The predicted octanol–water partition coefficient (Wildman–Crippen LogP) is 3.78. The maximum Gasteiger partial charge on any atom is 0.311 e. The van der Waals surface area contributed by atoms with Crippen LogP contribution in [-0.4, -0.2) is 18.5 Å². The molecule has 0 spiro atoms. The Bertz CT molecular complexity index is 551. The van der Waals surface area contributed by atoms with Crippen LogP contribution in [0.5, 0.6) is 5.75 Å². The number of hydrogen-bond acceptors (Lipinski definition) is 4. The van der Waals surface area contributed by atoms with Gasteiger partial charge in [-0.1, -0.05) is 5.57 Å². The van der Waals surface area contributed by atoms with E-state index < -0.39 is 17.8 Å². The Hall–Kier alpha value is -1.69. The third-order valence-corrected chi connectivity index (χ3v) is 3.01. The fraction of sp³-hybridized carbons (Fsp3) is 0.333. The molecule has 0 radical (unpaired) electrons. The van der Waals surface area contributed by atoms with Crippen LogP contribution in [0, 0.1) is 5.82 Å². The van der Waals surface area contributed by atoms with Crippen LogP contribution in [-0.2, 0) is 14.3 Å². The third kappa shape index (κ3) is 7.04. The summed E-state index contributed by atoms with van der Waals surface area (Å²) in [5.74, 6) is -1.28. The normalized spacial score (nSPS) is 9.90. The molecular formula is C15H16BrFO4. The second-order valence-electron chi connectivity index (χ2n) is 4.51. The van der Waals surface area contributed by atoms with Gasteiger partial charge in [0, 0.05) is 0 Å². The Labute approximate surface area is 131 Å². The standard InChI is InChI=1S/C15H16BrFO4/c1-10(2)7-8-20-14(18)5-6-15(19)21-13-4-3-11(17)9-12(13)16/h3-4,7,9H,5-6,8H2,1-2H3. The Morgan fingerprint density at radius 1 is 1.24 bits per heavy atom. The van der Waals surface area contributed by atoms with Crippen molar-refractivity contribution >= 4 is 27.9 Å². The first kappa shape index (κ1) is 17.4. The lowest BCUT2D eigenvalue weighted by molar-refractivity contribution is -0.146. The highest BCUT2D eigenvalue weighted by Crippen LogP contribution is 2.25. The van der Waals surface area contributed by atoms with Crippen molar-refractivity contribution in [3.05, 3.63) is 40.1 Å². The Kier molecular flexibility index (Phi) is 7.08. The zero-order valence-corrected chi connectivity index (χ0v) is 13.4. The zero-order valence-electron chi connectivity index (χ0n) is 11.8. The van der Waals surface area contributed by atoms with E-state index >= 15 is 0 Å². The summed E-state index contributed by atoms with van der Waals surface area (Å²) in [6.45, 7) is 3.98. The number of carbonyl (C=O) groups excluding carboxylic acids is 2. The predicted molar refractivity (Wildman–Crippen MR) is 79.4 cm³/mol. The number of hydrogen-bond donors (Lipinski definition) is 0. The van der Waals surface area contributed by atoms with Crippen LogP contribution in [0.4, 0.5) is 4.39 Å². The summed E-state index contributed by atoms with van der Waals surface area (Å²) in [6, 6.07) is 3.71. The Balaban J connectivity index is 2.37. The molecule has 0 aromatic heterocycles. The van der Waals surface area contributed by atoms with E-state index in [1.54, 1.807) is 6.08 Å². The van der Waals surface area contributed by atoms with E-state index in [0.717, 1.165) is 5.57 Å². The minimum Gasteiger partial charge on any atom is -0.461 e. The summed E-state index contributed by atoms with van der Waals surface area (Å²) < 4.78 is 23.1. The van der Waals surface area contributed by atoms with Crippen LogP contribution >= 0.6 is 15.9 Å². The van der Waals surface area contributed by atoms with Crippen molar-refractivity contribution in [1.29, 1.82) is 0 Å². The molecule has 1 aromatic carbocycles. The van der Waals surface area contributed by atoms with Crippen LogP contribution in [0.3, 0.4) is 0 Å². The summed E-state index contributed by atoms with van der Waals surface area (Å²) in [6.07, 6.45) is 1.61. The Morgan fingerprint density at radius 3 is 2.52 bits per heavy atom. The van der Waals surface area contributed by atoms with Gasteiger partial charge in [0.05, 0.1) is 17.3 Å². The summed E-state index contributed by atoms with van der Waals surface area (Å²) in [7, 11) is 0. The molecule has 0 amide bonds. The van der Waals surface area contributed by atoms with Gasteiger partial charge < -0.3 is 9.47 Å². The smallest absolute Gasteiger partial charge is 0.311 e. The lowest BCUT2D eigenvalue weighted by atomic mass is 10.3.